The van der Waals surface area contributed by atoms with E-state index in [4.69, 9.17) is 0 Å². The van der Waals surface area contributed by atoms with Crippen LogP contribution in [0.4, 0.5) is 0 Å². The number of aryl methyl sites for hydroxylation is 2. The lowest BCUT2D eigenvalue weighted by atomic mass is 10.3. The second kappa shape index (κ2) is 4.96. The van der Waals surface area contributed by atoms with Gasteiger partial charge < -0.3 is 4.90 Å². The van der Waals surface area contributed by atoms with Crippen LogP contribution in [0.3, 0.4) is 0 Å². The number of carbonyl (C=O) groups is 1. The first-order chi connectivity index (χ1) is 8.15. The Morgan fingerprint density at radius 2 is 2.24 bits per heavy atom. The Bertz CT molecular complexity index is 479. The van der Waals surface area contributed by atoms with Crippen LogP contribution < -0.4 is 0 Å². The number of likely N-dealkylation sites (tertiary alicyclic amines) is 1. The van der Waals surface area contributed by atoms with E-state index in [1.54, 1.807) is 4.90 Å². The van der Waals surface area contributed by atoms with E-state index in [-0.39, 0.29) is 5.91 Å². The molecule has 1 aliphatic heterocycles. The second-order valence-corrected chi connectivity index (χ2v) is 4.16. The molecule has 2 heterocycles. The molecule has 4 nitrogen and oxygen atoms in total. The highest BCUT2D eigenvalue weighted by Gasteiger charge is 2.18. The van der Waals surface area contributed by atoms with E-state index in [0.717, 1.165) is 30.2 Å². The minimum absolute atomic E-state index is 0.203. The van der Waals surface area contributed by atoms with E-state index in [2.05, 4.69) is 21.8 Å². The van der Waals surface area contributed by atoms with Gasteiger partial charge in [-0.05, 0) is 32.3 Å². The molecule has 88 valence electrons. The maximum atomic E-state index is 11.4. The molecule has 1 amide bonds. The average molecular weight is 229 g/mol. The van der Waals surface area contributed by atoms with Crippen molar-refractivity contribution in [2.45, 2.75) is 26.7 Å². The zero-order valence-corrected chi connectivity index (χ0v) is 10.2. The van der Waals surface area contributed by atoms with Gasteiger partial charge in [-0.3, -0.25) is 4.79 Å². The van der Waals surface area contributed by atoms with Crippen molar-refractivity contribution in [1.82, 2.24) is 14.9 Å². The van der Waals surface area contributed by atoms with Crippen LogP contribution in [0.2, 0.25) is 0 Å². The minimum Gasteiger partial charge on any atom is -0.332 e. The monoisotopic (exact) mass is 229 g/mol. The summed E-state index contributed by atoms with van der Waals surface area (Å²) in [6.45, 7) is 5.10. The van der Waals surface area contributed by atoms with Gasteiger partial charge >= 0.3 is 0 Å². The lowest BCUT2D eigenvalue weighted by Crippen LogP contribution is -2.24. The van der Waals surface area contributed by atoms with E-state index in [1.807, 2.05) is 19.9 Å². The Morgan fingerprint density at radius 3 is 2.88 bits per heavy atom. The molecule has 17 heavy (non-hydrogen) atoms. The molecule has 0 aliphatic carbocycles. The fraction of sp³-hybridized carbons (Fsp3) is 0.462. The van der Waals surface area contributed by atoms with Crippen LogP contribution in [-0.2, 0) is 4.79 Å². The van der Waals surface area contributed by atoms with Crippen LogP contribution >= 0.6 is 0 Å². The summed E-state index contributed by atoms with van der Waals surface area (Å²) in [4.78, 5) is 21.6. The molecule has 0 radical (unpaired) electrons. The van der Waals surface area contributed by atoms with Gasteiger partial charge in [0, 0.05) is 18.7 Å². The van der Waals surface area contributed by atoms with Gasteiger partial charge in [0.05, 0.1) is 6.54 Å². The predicted octanol–water partition coefficient (Wildman–Crippen LogP) is 1.07. The quantitative estimate of drug-likeness (QED) is 0.677. The Kier molecular flexibility index (Phi) is 3.38. The summed E-state index contributed by atoms with van der Waals surface area (Å²) in [5.41, 5.74) is 1.64. The molecule has 0 bridgehead atoms. The lowest BCUT2D eigenvalue weighted by Gasteiger charge is -2.09. The number of hydrogen-bond acceptors (Lipinski definition) is 3. The normalized spacial score (nSPS) is 14.7. The molecule has 1 fully saturated rings. The van der Waals surface area contributed by atoms with Crippen LogP contribution in [0, 0.1) is 25.7 Å². The topological polar surface area (TPSA) is 46.1 Å². The number of carbonyl (C=O) groups excluding carboxylic acids is 1. The Balaban J connectivity index is 2.03. The number of amides is 1. The van der Waals surface area contributed by atoms with E-state index in [0.29, 0.717) is 13.0 Å². The molecule has 4 heteroatoms. The summed E-state index contributed by atoms with van der Waals surface area (Å²) in [6.07, 6.45) is 1.61. The predicted molar refractivity (Wildman–Crippen MR) is 64.2 cm³/mol. The molecule has 0 spiro atoms. The van der Waals surface area contributed by atoms with Gasteiger partial charge in [-0.1, -0.05) is 5.92 Å². The first-order valence-corrected chi connectivity index (χ1v) is 5.74. The maximum Gasteiger partial charge on any atom is 0.223 e. The summed E-state index contributed by atoms with van der Waals surface area (Å²) in [6, 6.07) is 1.85. The maximum absolute atomic E-state index is 11.4. The summed E-state index contributed by atoms with van der Waals surface area (Å²) in [5.74, 6) is 6.90. The molecular weight excluding hydrogens is 214 g/mol. The third kappa shape index (κ3) is 3.04. The second-order valence-electron chi connectivity index (χ2n) is 4.16. The molecule has 0 N–H and O–H groups in total. The number of rotatable bonds is 1. The summed E-state index contributed by atoms with van der Waals surface area (Å²) in [5, 5.41) is 0. The van der Waals surface area contributed by atoms with Crippen molar-refractivity contribution < 1.29 is 4.79 Å². The average Bonchev–Trinajstić information content (AvgIpc) is 2.63. The highest BCUT2D eigenvalue weighted by Crippen LogP contribution is 2.08. The van der Waals surface area contributed by atoms with Crippen molar-refractivity contribution in [3.8, 4) is 11.8 Å². The molecule has 1 aromatic rings. The van der Waals surface area contributed by atoms with Gasteiger partial charge in [-0.2, -0.15) is 0 Å². The van der Waals surface area contributed by atoms with Crippen LogP contribution in [0.1, 0.15) is 30.1 Å². The van der Waals surface area contributed by atoms with E-state index >= 15 is 0 Å². The molecule has 0 unspecified atom stereocenters. The van der Waals surface area contributed by atoms with E-state index in [1.165, 1.54) is 0 Å². The van der Waals surface area contributed by atoms with Gasteiger partial charge in [0.1, 0.15) is 11.5 Å². The molecule has 1 aliphatic rings. The van der Waals surface area contributed by atoms with Gasteiger partial charge in [0.15, 0.2) is 0 Å². The summed E-state index contributed by atoms with van der Waals surface area (Å²) >= 11 is 0. The van der Waals surface area contributed by atoms with Crippen molar-refractivity contribution in [2.75, 3.05) is 13.1 Å². The zero-order chi connectivity index (χ0) is 12.3. The third-order valence-electron chi connectivity index (χ3n) is 2.62. The molecule has 0 saturated carbocycles. The van der Waals surface area contributed by atoms with Gasteiger partial charge in [0.25, 0.3) is 0 Å². The van der Waals surface area contributed by atoms with Gasteiger partial charge in [0.2, 0.25) is 5.91 Å². The summed E-state index contributed by atoms with van der Waals surface area (Å²) in [7, 11) is 0. The molecule has 2 rings (SSSR count). The highest BCUT2D eigenvalue weighted by atomic mass is 16.2. The van der Waals surface area contributed by atoms with Crippen LogP contribution in [0.15, 0.2) is 6.07 Å². The lowest BCUT2D eigenvalue weighted by molar-refractivity contribution is -0.127. The number of aromatic nitrogens is 2. The SMILES string of the molecule is Cc1cc(C#CCN2CCCC2=O)nc(C)n1. The van der Waals surface area contributed by atoms with Gasteiger partial charge in [-0.15, -0.1) is 0 Å². The molecule has 0 atom stereocenters. The zero-order valence-electron chi connectivity index (χ0n) is 10.2. The van der Waals surface area contributed by atoms with Crippen molar-refractivity contribution >= 4 is 5.91 Å². The Labute approximate surface area is 101 Å². The number of nitrogens with zero attached hydrogens (tertiary/aromatic N) is 3. The molecule has 1 aromatic heterocycles. The van der Waals surface area contributed by atoms with Crippen molar-refractivity contribution in [1.29, 1.82) is 0 Å². The summed E-state index contributed by atoms with van der Waals surface area (Å²) < 4.78 is 0. The first-order valence-electron chi connectivity index (χ1n) is 5.74. The van der Waals surface area contributed by atoms with Crippen LogP contribution in [-0.4, -0.2) is 33.9 Å². The fourth-order valence-corrected chi connectivity index (χ4v) is 1.88. The minimum atomic E-state index is 0.203. The molecule has 0 aromatic carbocycles. The third-order valence-corrected chi connectivity index (χ3v) is 2.62. The van der Waals surface area contributed by atoms with Crippen molar-refractivity contribution in [3.63, 3.8) is 0 Å². The van der Waals surface area contributed by atoms with Gasteiger partial charge in [-0.25, -0.2) is 9.97 Å². The Morgan fingerprint density at radius 1 is 1.41 bits per heavy atom. The van der Waals surface area contributed by atoms with E-state index in [9.17, 15) is 4.79 Å². The van der Waals surface area contributed by atoms with E-state index < -0.39 is 0 Å². The smallest absolute Gasteiger partial charge is 0.223 e. The standard InChI is InChI=1S/C13H15N3O/c1-10-9-12(15-11(2)14-10)5-3-7-16-8-4-6-13(16)17/h9H,4,6-8H2,1-2H3. The van der Waals surface area contributed by atoms with Crippen LogP contribution in [0.25, 0.3) is 0 Å². The molecule has 1 saturated heterocycles. The Hall–Kier alpha value is -1.89. The first kappa shape index (κ1) is 11.6. The largest absolute Gasteiger partial charge is 0.332 e. The van der Waals surface area contributed by atoms with Crippen molar-refractivity contribution in [2.24, 2.45) is 0 Å². The number of hydrogen-bond donors (Lipinski definition) is 0. The van der Waals surface area contributed by atoms with Crippen LogP contribution in [0.5, 0.6) is 0 Å². The van der Waals surface area contributed by atoms with Crippen molar-refractivity contribution in [3.05, 3.63) is 23.3 Å². The molecular formula is C13H15N3O. The fourth-order valence-electron chi connectivity index (χ4n) is 1.88. The highest BCUT2D eigenvalue weighted by molar-refractivity contribution is 5.78.